The van der Waals surface area contributed by atoms with Crippen molar-refractivity contribution in [3.63, 3.8) is 0 Å². The summed E-state index contributed by atoms with van der Waals surface area (Å²) in [5, 5.41) is 11.0. The minimum absolute atomic E-state index is 0.156. The molecule has 25 heavy (non-hydrogen) atoms. The molecule has 2 aliphatic rings. The lowest BCUT2D eigenvalue weighted by molar-refractivity contribution is -0.147. The third-order valence-electron chi connectivity index (χ3n) is 5.75. The lowest BCUT2D eigenvalue weighted by Gasteiger charge is -2.29. The molecule has 3 atom stereocenters. The predicted octanol–water partition coefficient (Wildman–Crippen LogP) is 1.40. The average Bonchev–Trinajstić information content (AvgIpc) is 3.25. The normalized spacial score (nSPS) is 26.2. The number of aromatic nitrogens is 3. The van der Waals surface area contributed by atoms with Crippen molar-refractivity contribution in [3.8, 4) is 0 Å². The number of aliphatic hydroxyl groups is 1. The van der Waals surface area contributed by atoms with Crippen molar-refractivity contribution in [2.24, 2.45) is 11.8 Å². The molecule has 134 valence electrons. The van der Waals surface area contributed by atoms with Crippen molar-refractivity contribution >= 4 is 22.8 Å². The molecule has 3 heterocycles. The van der Waals surface area contributed by atoms with Gasteiger partial charge < -0.3 is 19.9 Å². The highest BCUT2D eigenvalue weighted by molar-refractivity contribution is 5.87. The maximum Gasteiger partial charge on any atom is 0.253 e. The van der Waals surface area contributed by atoms with Gasteiger partial charge in [0, 0.05) is 32.4 Å². The number of fused-ring (bicyclic) bond motifs is 2. The minimum atomic E-state index is -1.28. The first-order valence-electron chi connectivity index (χ1n) is 8.87. The number of likely N-dealkylation sites (tertiary alicyclic amines) is 1. The first-order chi connectivity index (χ1) is 11.8. The van der Waals surface area contributed by atoms with E-state index in [4.69, 9.17) is 0 Å². The highest BCUT2D eigenvalue weighted by Gasteiger charge is 2.45. The molecule has 0 aromatic carbocycles. The quantitative estimate of drug-likeness (QED) is 0.880. The van der Waals surface area contributed by atoms with Crippen LogP contribution in [0.25, 0.3) is 11.0 Å². The topological polar surface area (TPSA) is 85.4 Å². The van der Waals surface area contributed by atoms with Crippen LogP contribution in [0.4, 0.5) is 5.82 Å². The van der Waals surface area contributed by atoms with Crippen molar-refractivity contribution in [2.75, 3.05) is 25.0 Å². The van der Waals surface area contributed by atoms with Crippen LogP contribution in [-0.4, -0.2) is 62.6 Å². The number of anilines is 1. The van der Waals surface area contributed by atoms with Gasteiger partial charge in [0.25, 0.3) is 5.91 Å². The Morgan fingerprint density at radius 3 is 2.64 bits per heavy atom. The average molecular weight is 343 g/mol. The SMILES string of the molecule is CN(c1ncnc2[nH]ccc12)[C@@H]1C[C@@H]2CN(C(=O)C(C)(C)O)C[C@@H]2C1. The highest BCUT2D eigenvalue weighted by Crippen LogP contribution is 2.41. The van der Waals surface area contributed by atoms with Crippen molar-refractivity contribution in [2.45, 2.75) is 38.3 Å². The number of carbonyl (C=O) groups is 1. The third-order valence-corrected chi connectivity index (χ3v) is 5.75. The summed E-state index contributed by atoms with van der Waals surface area (Å²) in [5.74, 6) is 1.81. The molecule has 0 unspecified atom stereocenters. The van der Waals surface area contributed by atoms with E-state index in [1.807, 2.05) is 17.2 Å². The van der Waals surface area contributed by atoms with E-state index in [2.05, 4.69) is 26.9 Å². The number of hydrogen-bond donors (Lipinski definition) is 2. The summed E-state index contributed by atoms with van der Waals surface area (Å²) < 4.78 is 0. The number of rotatable bonds is 3. The zero-order valence-electron chi connectivity index (χ0n) is 14.9. The Hall–Kier alpha value is -2.15. The van der Waals surface area contributed by atoms with Gasteiger partial charge in [-0.15, -0.1) is 0 Å². The van der Waals surface area contributed by atoms with Crippen LogP contribution in [0.3, 0.4) is 0 Å². The fourth-order valence-corrected chi connectivity index (χ4v) is 4.45. The van der Waals surface area contributed by atoms with Crippen LogP contribution < -0.4 is 4.90 Å². The second kappa shape index (κ2) is 5.69. The van der Waals surface area contributed by atoms with E-state index < -0.39 is 5.60 Å². The lowest BCUT2D eigenvalue weighted by Crippen LogP contribution is -2.45. The first kappa shape index (κ1) is 16.3. The van der Waals surface area contributed by atoms with Gasteiger partial charge in [-0.25, -0.2) is 9.97 Å². The molecule has 4 rings (SSSR count). The van der Waals surface area contributed by atoms with Gasteiger partial charge in [-0.1, -0.05) is 0 Å². The molecular weight excluding hydrogens is 318 g/mol. The Morgan fingerprint density at radius 1 is 1.32 bits per heavy atom. The van der Waals surface area contributed by atoms with Gasteiger partial charge in [0.05, 0.1) is 5.39 Å². The molecule has 2 N–H and O–H groups in total. The van der Waals surface area contributed by atoms with E-state index in [1.165, 1.54) is 0 Å². The van der Waals surface area contributed by atoms with Crippen LogP contribution in [-0.2, 0) is 4.79 Å². The maximum absolute atomic E-state index is 12.3. The van der Waals surface area contributed by atoms with E-state index in [0.717, 1.165) is 42.8 Å². The standard InChI is InChI=1S/C18H25N5O2/c1-18(2,25)17(24)23-8-11-6-13(7-12(11)9-23)22(3)16-14-4-5-19-15(14)20-10-21-16/h4-5,10-13,25H,6-9H2,1-3H3,(H,19,20,21)/t11-,12+,13-. The van der Waals surface area contributed by atoms with Crippen molar-refractivity contribution in [1.82, 2.24) is 19.9 Å². The third kappa shape index (κ3) is 2.76. The lowest BCUT2D eigenvalue weighted by atomic mass is 10.0. The number of H-pyrrole nitrogens is 1. The van der Waals surface area contributed by atoms with Crippen LogP contribution in [0.2, 0.25) is 0 Å². The van der Waals surface area contributed by atoms with Gasteiger partial charge in [-0.05, 0) is 44.6 Å². The molecule has 0 bridgehead atoms. The summed E-state index contributed by atoms with van der Waals surface area (Å²) in [4.78, 5) is 28.3. The molecule has 2 aromatic rings. The fraction of sp³-hybridized carbons (Fsp3) is 0.611. The van der Waals surface area contributed by atoms with Gasteiger partial charge in [0.1, 0.15) is 23.4 Å². The number of hydrogen-bond acceptors (Lipinski definition) is 5. The predicted molar refractivity (Wildman–Crippen MR) is 95.2 cm³/mol. The molecule has 7 nitrogen and oxygen atoms in total. The Bertz CT molecular complexity index is 782. The molecular formula is C18H25N5O2. The van der Waals surface area contributed by atoms with Crippen molar-refractivity contribution < 1.29 is 9.90 Å². The Morgan fingerprint density at radius 2 is 2.00 bits per heavy atom. The largest absolute Gasteiger partial charge is 0.381 e. The Kier molecular flexibility index (Phi) is 3.72. The number of nitrogens with one attached hydrogen (secondary N) is 1. The van der Waals surface area contributed by atoms with Crippen LogP contribution in [0, 0.1) is 11.8 Å². The van der Waals surface area contributed by atoms with E-state index in [-0.39, 0.29) is 5.91 Å². The molecule has 1 amide bonds. The van der Waals surface area contributed by atoms with Crippen LogP contribution in [0.15, 0.2) is 18.6 Å². The molecule has 1 aliphatic carbocycles. The smallest absolute Gasteiger partial charge is 0.253 e. The highest BCUT2D eigenvalue weighted by atomic mass is 16.3. The second-order valence-corrected chi connectivity index (χ2v) is 7.96. The van der Waals surface area contributed by atoms with E-state index in [0.29, 0.717) is 17.9 Å². The monoisotopic (exact) mass is 343 g/mol. The summed E-state index contributed by atoms with van der Waals surface area (Å²) in [6.07, 6.45) is 5.59. The molecule has 7 heteroatoms. The summed E-state index contributed by atoms with van der Waals surface area (Å²) >= 11 is 0. The molecule has 1 saturated heterocycles. The second-order valence-electron chi connectivity index (χ2n) is 7.96. The van der Waals surface area contributed by atoms with Gasteiger partial charge in [-0.3, -0.25) is 4.79 Å². The van der Waals surface area contributed by atoms with Gasteiger partial charge >= 0.3 is 0 Å². The molecule has 1 aliphatic heterocycles. The summed E-state index contributed by atoms with van der Waals surface area (Å²) in [7, 11) is 2.10. The van der Waals surface area contributed by atoms with Gasteiger partial charge in [0.2, 0.25) is 0 Å². The summed E-state index contributed by atoms with van der Waals surface area (Å²) in [5.41, 5.74) is -0.424. The molecule has 2 fully saturated rings. The molecule has 1 saturated carbocycles. The van der Waals surface area contributed by atoms with E-state index in [9.17, 15) is 9.90 Å². The zero-order chi connectivity index (χ0) is 17.8. The summed E-state index contributed by atoms with van der Waals surface area (Å²) in [6, 6.07) is 2.43. The number of aromatic amines is 1. The molecule has 0 radical (unpaired) electrons. The fourth-order valence-electron chi connectivity index (χ4n) is 4.45. The van der Waals surface area contributed by atoms with Gasteiger partial charge in [0.15, 0.2) is 0 Å². The van der Waals surface area contributed by atoms with Crippen molar-refractivity contribution in [1.29, 1.82) is 0 Å². The maximum atomic E-state index is 12.3. The molecule has 2 aromatic heterocycles. The Balaban J connectivity index is 1.46. The van der Waals surface area contributed by atoms with Crippen LogP contribution in [0.5, 0.6) is 0 Å². The van der Waals surface area contributed by atoms with E-state index >= 15 is 0 Å². The molecule has 0 spiro atoms. The van der Waals surface area contributed by atoms with E-state index in [1.54, 1.807) is 20.2 Å². The van der Waals surface area contributed by atoms with Gasteiger partial charge in [-0.2, -0.15) is 0 Å². The minimum Gasteiger partial charge on any atom is -0.381 e. The van der Waals surface area contributed by atoms with Crippen LogP contribution >= 0.6 is 0 Å². The Labute approximate surface area is 147 Å². The summed E-state index contributed by atoms with van der Waals surface area (Å²) in [6.45, 7) is 4.64. The zero-order valence-corrected chi connectivity index (χ0v) is 14.9. The number of carbonyl (C=O) groups excluding carboxylic acids is 1. The first-order valence-corrected chi connectivity index (χ1v) is 8.87. The number of amides is 1. The van der Waals surface area contributed by atoms with Crippen molar-refractivity contribution in [3.05, 3.63) is 18.6 Å². The number of nitrogens with zero attached hydrogens (tertiary/aromatic N) is 4. The van der Waals surface area contributed by atoms with Crippen LogP contribution in [0.1, 0.15) is 26.7 Å².